The first-order valence-electron chi connectivity index (χ1n) is 6.59. The lowest BCUT2D eigenvalue weighted by molar-refractivity contribution is -0.125. The van der Waals surface area contributed by atoms with Gasteiger partial charge in [0.15, 0.2) is 0 Å². The van der Waals surface area contributed by atoms with Gasteiger partial charge in [-0.25, -0.2) is 0 Å². The van der Waals surface area contributed by atoms with Crippen molar-refractivity contribution in [1.29, 1.82) is 0 Å². The second-order valence-corrected chi connectivity index (χ2v) is 4.44. The summed E-state index contributed by atoms with van der Waals surface area (Å²) in [5.74, 6) is -0.193. The number of carbonyl (C=O) groups is 2. The van der Waals surface area contributed by atoms with E-state index in [-0.39, 0.29) is 18.1 Å². The largest absolute Gasteiger partial charge is 0.326 e. The number of carbonyl (C=O) groups excluding carboxylic acids is 2. The minimum atomic E-state index is -0.221. The molecule has 0 fully saturated rings. The van der Waals surface area contributed by atoms with Gasteiger partial charge in [-0.05, 0) is 18.6 Å². The van der Waals surface area contributed by atoms with Crippen LogP contribution in [-0.4, -0.2) is 11.7 Å². The minimum absolute atomic E-state index is 0.0129. The molecule has 0 spiro atoms. The fraction of sp³-hybridized carbons (Fsp3) is 0.467. The van der Waals surface area contributed by atoms with Gasteiger partial charge in [0.25, 0.3) is 0 Å². The molecular formula is C15H21NO2. The Labute approximate surface area is 109 Å². The van der Waals surface area contributed by atoms with Gasteiger partial charge in [0.2, 0.25) is 5.91 Å². The van der Waals surface area contributed by atoms with Crippen molar-refractivity contribution in [1.82, 2.24) is 0 Å². The van der Waals surface area contributed by atoms with Gasteiger partial charge in [0.05, 0.1) is 6.42 Å². The van der Waals surface area contributed by atoms with Crippen molar-refractivity contribution in [3.05, 3.63) is 30.3 Å². The monoisotopic (exact) mass is 247 g/mol. The molecule has 0 saturated heterocycles. The Morgan fingerprint density at radius 2 is 1.78 bits per heavy atom. The van der Waals surface area contributed by atoms with Gasteiger partial charge < -0.3 is 5.32 Å². The van der Waals surface area contributed by atoms with E-state index >= 15 is 0 Å². The lowest BCUT2D eigenvalue weighted by Crippen LogP contribution is -2.16. The van der Waals surface area contributed by atoms with E-state index in [2.05, 4.69) is 12.2 Å². The fourth-order valence-electron chi connectivity index (χ4n) is 1.74. The van der Waals surface area contributed by atoms with Crippen molar-refractivity contribution in [2.45, 2.75) is 45.4 Å². The predicted molar refractivity (Wildman–Crippen MR) is 73.5 cm³/mol. The van der Waals surface area contributed by atoms with E-state index in [0.29, 0.717) is 6.42 Å². The molecule has 1 amide bonds. The van der Waals surface area contributed by atoms with Crippen molar-refractivity contribution >= 4 is 17.4 Å². The van der Waals surface area contributed by atoms with Crippen LogP contribution in [0.5, 0.6) is 0 Å². The Hall–Kier alpha value is -1.64. The number of amides is 1. The molecule has 0 aliphatic heterocycles. The molecule has 1 rings (SSSR count). The van der Waals surface area contributed by atoms with Crippen LogP contribution in [0.2, 0.25) is 0 Å². The molecule has 0 bridgehead atoms. The summed E-state index contributed by atoms with van der Waals surface area (Å²) < 4.78 is 0. The molecule has 0 unspecified atom stereocenters. The first kappa shape index (κ1) is 14.4. The van der Waals surface area contributed by atoms with E-state index in [0.717, 1.165) is 31.4 Å². The summed E-state index contributed by atoms with van der Waals surface area (Å²) in [6.45, 7) is 2.13. The van der Waals surface area contributed by atoms with Gasteiger partial charge in [-0.1, -0.05) is 44.4 Å². The Kier molecular flexibility index (Phi) is 6.77. The zero-order valence-corrected chi connectivity index (χ0v) is 10.9. The molecule has 1 aromatic rings. The zero-order chi connectivity index (χ0) is 13.2. The topological polar surface area (TPSA) is 46.2 Å². The molecule has 0 aromatic heterocycles. The SMILES string of the molecule is CCCCCCC(=O)CC(=O)Nc1ccccc1. The molecule has 0 radical (unpaired) electrons. The lowest BCUT2D eigenvalue weighted by Gasteiger charge is -2.04. The third kappa shape index (κ3) is 6.18. The second-order valence-electron chi connectivity index (χ2n) is 4.44. The first-order chi connectivity index (χ1) is 8.72. The first-order valence-corrected chi connectivity index (χ1v) is 6.59. The summed E-state index contributed by atoms with van der Waals surface area (Å²) in [6, 6.07) is 9.20. The maximum absolute atomic E-state index is 11.6. The van der Waals surface area contributed by atoms with Crippen molar-refractivity contribution < 1.29 is 9.59 Å². The summed E-state index contributed by atoms with van der Waals surface area (Å²) in [6.07, 6.45) is 4.78. The molecule has 0 heterocycles. The Balaban J connectivity index is 2.21. The minimum Gasteiger partial charge on any atom is -0.326 e. The number of Topliss-reactive ketones (excluding diaryl/α,β-unsaturated/α-hetero) is 1. The van der Waals surface area contributed by atoms with Crippen LogP contribution in [0.1, 0.15) is 45.4 Å². The Bertz CT molecular complexity index is 373. The second kappa shape index (κ2) is 8.45. The Morgan fingerprint density at radius 3 is 2.44 bits per heavy atom. The van der Waals surface area contributed by atoms with E-state index in [1.165, 1.54) is 0 Å². The Morgan fingerprint density at radius 1 is 1.06 bits per heavy atom. The van der Waals surface area contributed by atoms with Crippen LogP contribution in [-0.2, 0) is 9.59 Å². The van der Waals surface area contributed by atoms with Crippen LogP contribution in [0, 0.1) is 0 Å². The summed E-state index contributed by atoms with van der Waals surface area (Å²) >= 11 is 0. The number of ketones is 1. The molecule has 18 heavy (non-hydrogen) atoms. The molecular weight excluding hydrogens is 226 g/mol. The standard InChI is InChI=1S/C15H21NO2/c1-2-3-4-8-11-14(17)12-15(18)16-13-9-6-5-7-10-13/h5-7,9-10H,2-4,8,11-12H2,1H3,(H,16,18). The van der Waals surface area contributed by atoms with Crippen molar-refractivity contribution in [2.24, 2.45) is 0 Å². The molecule has 98 valence electrons. The smallest absolute Gasteiger partial charge is 0.231 e. The number of hydrogen-bond donors (Lipinski definition) is 1. The number of nitrogens with one attached hydrogen (secondary N) is 1. The maximum Gasteiger partial charge on any atom is 0.231 e. The van der Waals surface area contributed by atoms with Crippen molar-refractivity contribution in [2.75, 3.05) is 5.32 Å². The molecule has 0 atom stereocenters. The van der Waals surface area contributed by atoms with Gasteiger partial charge in [0.1, 0.15) is 5.78 Å². The molecule has 0 saturated carbocycles. The number of benzene rings is 1. The number of rotatable bonds is 8. The lowest BCUT2D eigenvalue weighted by atomic mass is 10.1. The summed E-state index contributed by atoms with van der Waals surface area (Å²) in [7, 11) is 0. The van der Waals surface area contributed by atoms with E-state index in [9.17, 15) is 9.59 Å². The van der Waals surface area contributed by atoms with Gasteiger partial charge >= 0.3 is 0 Å². The number of anilines is 1. The van der Waals surface area contributed by atoms with Crippen molar-refractivity contribution in [3.8, 4) is 0 Å². The number of para-hydroxylation sites is 1. The van der Waals surface area contributed by atoms with E-state index in [1.807, 2.05) is 30.3 Å². The normalized spacial score (nSPS) is 10.1. The predicted octanol–water partition coefficient (Wildman–Crippen LogP) is 3.55. The van der Waals surface area contributed by atoms with Crippen LogP contribution >= 0.6 is 0 Å². The van der Waals surface area contributed by atoms with E-state index < -0.39 is 0 Å². The van der Waals surface area contributed by atoms with Gasteiger partial charge in [-0.15, -0.1) is 0 Å². The number of hydrogen-bond acceptors (Lipinski definition) is 2. The van der Waals surface area contributed by atoms with E-state index in [4.69, 9.17) is 0 Å². The molecule has 1 N–H and O–H groups in total. The van der Waals surface area contributed by atoms with Crippen LogP contribution in [0.4, 0.5) is 5.69 Å². The summed E-state index contributed by atoms with van der Waals surface area (Å²) in [5, 5.41) is 2.71. The van der Waals surface area contributed by atoms with Crippen LogP contribution in [0.15, 0.2) is 30.3 Å². The highest BCUT2D eigenvalue weighted by Crippen LogP contribution is 2.07. The quantitative estimate of drug-likeness (QED) is 0.564. The summed E-state index contributed by atoms with van der Waals surface area (Å²) in [4.78, 5) is 23.1. The van der Waals surface area contributed by atoms with Crippen LogP contribution < -0.4 is 5.32 Å². The number of unbranched alkanes of at least 4 members (excludes halogenated alkanes) is 3. The average Bonchev–Trinajstić information content (AvgIpc) is 2.35. The average molecular weight is 247 g/mol. The molecule has 3 nitrogen and oxygen atoms in total. The molecule has 3 heteroatoms. The molecule has 0 aliphatic rings. The molecule has 0 aliphatic carbocycles. The summed E-state index contributed by atoms with van der Waals surface area (Å²) in [5.41, 5.74) is 0.737. The third-order valence-electron chi connectivity index (χ3n) is 2.72. The maximum atomic E-state index is 11.6. The van der Waals surface area contributed by atoms with Crippen molar-refractivity contribution in [3.63, 3.8) is 0 Å². The highest BCUT2D eigenvalue weighted by molar-refractivity contribution is 6.04. The van der Waals surface area contributed by atoms with Crippen LogP contribution in [0.25, 0.3) is 0 Å². The fourth-order valence-corrected chi connectivity index (χ4v) is 1.74. The highest BCUT2D eigenvalue weighted by atomic mass is 16.2. The third-order valence-corrected chi connectivity index (χ3v) is 2.72. The van der Waals surface area contributed by atoms with Crippen LogP contribution in [0.3, 0.4) is 0 Å². The molecule has 1 aromatic carbocycles. The zero-order valence-electron chi connectivity index (χ0n) is 10.9. The van der Waals surface area contributed by atoms with E-state index in [1.54, 1.807) is 0 Å². The highest BCUT2D eigenvalue weighted by Gasteiger charge is 2.09. The van der Waals surface area contributed by atoms with Gasteiger partial charge in [0, 0.05) is 12.1 Å². The van der Waals surface area contributed by atoms with Gasteiger partial charge in [-0.2, -0.15) is 0 Å². The van der Waals surface area contributed by atoms with Gasteiger partial charge in [-0.3, -0.25) is 9.59 Å².